The van der Waals surface area contributed by atoms with Crippen LogP contribution in [0.1, 0.15) is 36.2 Å². The summed E-state index contributed by atoms with van der Waals surface area (Å²) in [5.74, 6) is -0.436. The van der Waals surface area contributed by atoms with Gasteiger partial charge in [-0.1, -0.05) is 48.5 Å². The normalized spacial score (nSPS) is 14.2. The summed E-state index contributed by atoms with van der Waals surface area (Å²) >= 11 is 0. The third kappa shape index (κ3) is 5.72. The van der Waals surface area contributed by atoms with Crippen LogP contribution in [-0.2, 0) is 10.4 Å². The predicted octanol–water partition coefficient (Wildman–Crippen LogP) is 2.22. The van der Waals surface area contributed by atoms with E-state index in [1.54, 1.807) is 38.1 Å². The van der Waals surface area contributed by atoms with Crippen molar-refractivity contribution < 1.29 is 14.7 Å². The van der Waals surface area contributed by atoms with Crippen LogP contribution < -0.4 is 10.6 Å². The molecule has 0 heterocycles. The molecule has 25 heavy (non-hydrogen) atoms. The number of carbonyl (C=O) groups is 2. The Labute approximate surface area is 148 Å². The second-order valence-corrected chi connectivity index (χ2v) is 6.36. The van der Waals surface area contributed by atoms with E-state index in [-0.39, 0.29) is 30.8 Å². The molecular formula is C20H24N2O3. The number of carbonyl (C=O) groups excluding carboxylic acids is 2. The van der Waals surface area contributed by atoms with Crippen molar-refractivity contribution in [2.45, 2.75) is 31.9 Å². The first kappa shape index (κ1) is 18.7. The van der Waals surface area contributed by atoms with Crippen LogP contribution in [0.3, 0.4) is 0 Å². The molecule has 0 aliphatic rings. The number of hydrogen-bond donors (Lipinski definition) is 3. The van der Waals surface area contributed by atoms with Gasteiger partial charge in [0.1, 0.15) is 5.60 Å². The first-order valence-electron chi connectivity index (χ1n) is 8.29. The van der Waals surface area contributed by atoms with Gasteiger partial charge in [-0.3, -0.25) is 9.59 Å². The van der Waals surface area contributed by atoms with E-state index in [0.717, 1.165) is 5.56 Å². The van der Waals surface area contributed by atoms with Crippen molar-refractivity contribution >= 4 is 11.8 Å². The third-order valence-corrected chi connectivity index (χ3v) is 3.93. The van der Waals surface area contributed by atoms with Gasteiger partial charge in [-0.2, -0.15) is 0 Å². The Hall–Kier alpha value is -2.66. The number of hydrogen-bond acceptors (Lipinski definition) is 3. The summed E-state index contributed by atoms with van der Waals surface area (Å²) in [4.78, 5) is 24.1. The van der Waals surface area contributed by atoms with Gasteiger partial charge in [0.2, 0.25) is 5.91 Å². The number of aliphatic hydroxyl groups is 1. The van der Waals surface area contributed by atoms with Crippen LogP contribution in [0.25, 0.3) is 0 Å². The molecule has 2 atom stereocenters. The molecule has 0 radical (unpaired) electrons. The van der Waals surface area contributed by atoms with Crippen molar-refractivity contribution in [2.75, 3.05) is 6.54 Å². The Morgan fingerprint density at radius 3 is 2.20 bits per heavy atom. The van der Waals surface area contributed by atoms with E-state index in [1.807, 2.05) is 36.4 Å². The van der Waals surface area contributed by atoms with Gasteiger partial charge in [-0.15, -0.1) is 0 Å². The highest BCUT2D eigenvalue weighted by molar-refractivity contribution is 5.94. The Bertz CT molecular complexity index is 699. The molecule has 5 nitrogen and oxygen atoms in total. The summed E-state index contributed by atoms with van der Waals surface area (Å²) in [5, 5.41) is 16.0. The third-order valence-electron chi connectivity index (χ3n) is 3.93. The number of benzene rings is 2. The van der Waals surface area contributed by atoms with Crippen LogP contribution in [0.5, 0.6) is 0 Å². The van der Waals surface area contributed by atoms with Gasteiger partial charge >= 0.3 is 0 Å². The molecule has 0 bridgehead atoms. The van der Waals surface area contributed by atoms with E-state index in [9.17, 15) is 14.7 Å². The highest BCUT2D eigenvalue weighted by Crippen LogP contribution is 2.18. The van der Waals surface area contributed by atoms with Gasteiger partial charge in [0.05, 0.1) is 6.54 Å². The molecule has 132 valence electrons. The van der Waals surface area contributed by atoms with Crippen LogP contribution in [-0.4, -0.2) is 29.5 Å². The number of nitrogens with one attached hydrogen (secondary N) is 2. The van der Waals surface area contributed by atoms with Crippen LogP contribution in [0.15, 0.2) is 60.7 Å². The maximum Gasteiger partial charge on any atom is 0.251 e. The molecule has 2 unspecified atom stereocenters. The van der Waals surface area contributed by atoms with Crippen LogP contribution in [0, 0.1) is 0 Å². The van der Waals surface area contributed by atoms with Crippen molar-refractivity contribution in [3.05, 3.63) is 71.8 Å². The Kier molecular flexibility index (Phi) is 6.31. The lowest BCUT2D eigenvalue weighted by atomic mass is 9.96. The van der Waals surface area contributed by atoms with Gasteiger partial charge in [0.25, 0.3) is 5.91 Å². The highest BCUT2D eigenvalue weighted by Gasteiger charge is 2.24. The zero-order chi connectivity index (χ0) is 18.3. The van der Waals surface area contributed by atoms with Gasteiger partial charge in [0.15, 0.2) is 0 Å². The van der Waals surface area contributed by atoms with Crippen LogP contribution in [0.2, 0.25) is 0 Å². The minimum atomic E-state index is -1.15. The summed E-state index contributed by atoms with van der Waals surface area (Å²) in [7, 11) is 0. The molecule has 2 amide bonds. The molecule has 0 fully saturated rings. The van der Waals surface area contributed by atoms with E-state index in [2.05, 4.69) is 10.6 Å². The molecule has 2 aromatic carbocycles. The quantitative estimate of drug-likeness (QED) is 0.723. The molecule has 0 saturated heterocycles. The van der Waals surface area contributed by atoms with Crippen molar-refractivity contribution in [2.24, 2.45) is 0 Å². The lowest BCUT2D eigenvalue weighted by molar-refractivity contribution is -0.122. The maximum absolute atomic E-state index is 12.1. The fourth-order valence-electron chi connectivity index (χ4n) is 2.47. The summed E-state index contributed by atoms with van der Waals surface area (Å²) < 4.78 is 0. The Balaban J connectivity index is 1.81. The van der Waals surface area contributed by atoms with E-state index in [1.165, 1.54) is 0 Å². The highest BCUT2D eigenvalue weighted by atomic mass is 16.3. The Morgan fingerprint density at radius 1 is 1.04 bits per heavy atom. The SMILES string of the molecule is CC(CC(=O)NCC(C)(O)c1ccccc1)NC(=O)c1ccccc1. The standard InChI is InChI=1S/C20H24N2O3/c1-15(22-19(24)16-9-5-3-6-10-16)13-18(23)21-14-20(2,25)17-11-7-4-8-12-17/h3-12,15,25H,13-14H2,1-2H3,(H,21,23)(H,22,24). The topological polar surface area (TPSA) is 78.4 Å². The minimum absolute atomic E-state index is 0.106. The molecule has 3 N–H and O–H groups in total. The van der Waals surface area contributed by atoms with Crippen LogP contribution >= 0.6 is 0 Å². The molecule has 0 aliphatic carbocycles. The first-order valence-corrected chi connectivity index (χ1v) is 8.29. The van der Waals surface area contributed by atoms with E-state index in [4.69, 9.17) is 0 Å². The summed E-state index contributed by atoms with van der Waals surface area (Å²) in [6.45, 7) is 3.54. The molecule has 0 spiro atoms. The number of rotatable bonds is 7. The molecule has 2 aromatic rings. The van der Waals surface area contributed by atoms with Gasteiger partial charge in [-0.05, 0) is 31.5 Å². The largest absolute Gasteiger partial charge is 0.384 e. The zero-order valence-electron chi connectivity index (χ0n) is 14.5. The molecule has 0 saturated carbocycles. The van der Waals surface area contributed by atoms with E-state index in [0.29, 0.717) is 5.56 Å². The second kappa shape index (κ2) is 8.44. The molecule has 0 aliphatic heterocycles. The smallest absolute Gasteiger partial charge is 0.251 e. The first-order chi connectivity index (χ1) is 11.9. The monoisotopic (exact) mass is 340 g/mol. The van der Waals surface area contributed by atoms with Crippen molar-refractivity contribution in [1.82, 2.24) is 10.6 Å². The fourth-order valence-corrected chi connectivity index (χ4v) is 2.47. The molecule has 0 aromatic heterocycles. The van der Waals surface area contributed by atoms with Gasteiger partial charge in [-0.25, -0.2) is 0 Å². The zero-order valence-corrected chi connectivity index (χ0v) is 14.5. The lowest BCUT2D eigenvalue weighted by Crippen LogP contribution is -2.42. The summed E-state index contributed by atoms with van der Waals surface area (Å²) in [5.41, 5.74) is 0.149. The summed E-state index contributed by atoms with van der Waals surface area (Å²) in [6, 6.07) is 17.7. The lowest BCUT2D eigenvalue weighted by Gasteiger charge is -2.24. The fraction of sp³-hybridized carbons (Fsp3) is 0.300. The van der Waals surface area contributed by atoms with Gasteiger partial charge < -0.3 is 15.7 Å². The van der Waals surface area contributed by atoms with E-state index < -0.39 is 5.60 Å². The summed E-state index contributed by atoms with van der Waals surface area (Å²) in [6.07, 6.45) is 0.142. The van der Waals surface area contributed by atoms with Crippen molar-refractivity contribution in [3.63, 3.8) is 0 Å². The molecule has 2 rings (SSSR count). The van der Waals surface area contributed by atoms with Gasteiger partial charge in [0, 0.05) is 18.0 Å². The van der Waals surface area contributed by atoms with E-state index >= 15 is 0 Å². The molecular weight excluding hydrogens is 316 g/mol. The predicted molar refractivity (Wildman–Crippen MR) is 97.0 cm³/mol. The van der Waals surface area contributed by atoms with Crippen molar-refractivity contribution in [3.8, 4) is 0 Å². The second-order valence-electron chi connectivity index (χ2n) is 6.36. The maximum atomic E-state index is 12.1. The minimum Gasteiger partial charge on any atom is -0.384 e. The average Bonchev–Trinajstić information content (AvgIpc) is 2.61. The Morgan fingerprint density at radius 2 is 1.60 bits per heavy atom. The molecule has 5 heteroatoms. The van der Waals surface area contributed by atoms with Crippen molar-refractivity contribution in [1.29, 1.82) is 0 Å². The van der Waals surface area contributed by atoms with Crippen LogP contribution in [0.4, 0.5) is 0 Å². The average molecular weight is 340 g/mol. The number of amides is 2.